The molecule has 1 heterocycles. The standard InChI is InChI=1S/C14H13BN4O2/c20-15(21)13-8-4-5-11(9-13)10-19-17-14(16-18-19)12-6-2-1-3-7-12/h1-9,20-21H,10H2. The first-order valence-corrected chi connectivity index (χ1v) is 6.50. The predicted octanol–water partition coefficient (Wildman–Crippen LogP) is 0.0682. The fourth-order valence-corrected chi connectivity index (χ4v) is 2.03. The van der Waals surface area contributed by atoms with Crippen LogP contribution in [0.25, 0.3) is 11.4 Å². The molecule has 6 nitrogen and oxygen atoms in total. The monoisotopic (exact) mass is 280 g/mol. The van der Waals surface area contributed by atoms with Crippen molar-refractivity contribution in [2.24, 2.45) is 0 Å². The van der Waals surface area contributed by atoms with Crippen molar-refractivity contribution >= 4 is 12.6 Å². The van der Waals surface area contributed by atoms with E-state index in [0.29, 0.717) is 17.8 Å². The lowest BCUT2D eigenvalue weighted by atomic mass is 9.80. The highest BCUT2D eigenvalue weighted by molar-refractivity contribution is 6.58. The number of hydrogen-bond donors (Lipinski definition) is 2. The average molecular weight is 280 g/mol. The number of aromatic nitrogens is 4. The van der Waals surface area contributed by atoms with Crippen LogP contribution in [0.5, 0.6) is 0 Å². The SMILES string of the molecule is OB(O)c1cccc(Cn2nnc(-c3ccccc3)n2)c1. The van der Waals surface area contributed by atoms with E-state index < -0.39 is 7.12 Å². The van der Waals surface area contributed by atoms with Crippen LogP contribution in [0, 0.1) is 0 Å². The van der Waals surface area contributed by atoms with E-state index in [2.05, 4.69) is 15.4 Å². The van der Waals surface area contributed by atoms with E-state index in [0.717, 1.165) is 11.1 Å². The van der Waals surface area contributed by atoms with Gasteiger partial charge in [-0.25, -0.2) is 0 Å². The van der Waals surface area contributed by atoms with Gasteiger partial charge in [0.25, 0.3) is 0 Å². The molecule has 21 heavy (non-hydrogen) atoms. The maximum Gasteiger partial charge on any atom is 0.488 e. The average Bonchev–Trinajstić information content (AvgIpc) is 2.97. The molecule has 3 rings (SSSR count). The minimum absolute atomic E-state index is 0.417. The molecule has 3 aromatic rings. The fraction of sp³-hybridized carbons (Fsp3) is 0.0714. The summed E-state index contributed by atoms with van der Waals surface area (Å²) < 4.78 is 0. The quantitative estimate of drug-likeness (QED) is 0.661. The molecule has 0 aliphatic rings. The molecule has 0 bridgehead atoms. The summed E-state index contributed by atoms with van der Waals surface area (Å²) in [5.74, 6) is 0.564. The number of hydrogen-bond acceptors (Lipinski definition) is 5. The molecular weight excluding hydrogens is 267 g/mol. The second-order valence-corrected chi connectivity index (χ2v) is 4.63. The van der Waals surface area contributed by atoms with Gasteiger partial charge in [-0.15, -0.1) is 10.2 Å². The van der Waals surface area contributed by atoms with Crippen molar-refractivity contribution in [3.05, 3.63) is 60.2 Å². The topological polar surface area (TPSA) is 84.1 Å². The molecule has 0 atom stereocenters. The second-order valence-electron chi connectivity index (χ2n) is 4.63. The Morgan fingerprint density at radius 3 is 2.57 bits per heavy atom. The van der Waals surface area contributed by atoms with Gasteiger partial charge in [0.05, 0.1) is 6.54 Å². The molecule has 0 amide bonds. The van der Waals surface area contributed by atoms with Crippen LogP contribution in [0.3, 0.4) is 0 Å². The lowest BCUT2D eigenvalue weighted by Crippen LogP contribution is -2.30. The molecule has 0 radical (unpaired) electrons. The molecular formula is C14H13BN4O2. The molecule has 1 aromatic heterocycles. The molecule has 0 saturated heterocycles. The third-order valence-electron chi connectivity index (χ3n) is 3.06. The van der Waals surface area contributed by atoms with Crippen molar-refractivity contribution in [2.75, 3.05) is 0 Å². The van der Waals surface area contributed by atoms with E-state index in [1.807, 2.05) is 36.4 Å². The Labute approximate surface area is 121 Å². The summed E-state index contributed by atoms with van der Waals surface area (Å²) in [7, 11) is -1.48. The smallest absolute Gasteiger partial charge is 0.423 e. The van der Waals surface area contributed by atoms with Crippen LogP contribution in [-0.2, 0) is 6.54 Å². The van der Waals surface area contributed by atoms with E-state index >= 15 is 0 Å². The summed E-state index contributed by atoms with van der Waals surface area (Å²) in [4.78, 5) is 1.48. The highest BCUT2D eigenvalue weighted by Gasteiger charge is 2.11. The zero-order chi connectivity index (χ0) is 14.7. The molecule has 0 fully saturated rings. The molecule has 2 N–H and O–H groups in total. The van der Waals surface area contributed by atoms with Gasteiger partial charge in [0.15, 0.2) is 0 Å². The maximum absolute atomic E-state index is 9.17. The van der Waals surface area contributed by atoms with Crippen LogP contribution in [0.15, 0.2) is 54.6 Å². The fourth-order valence-electron chi connectivity index (χ4n) is 2.03. The molecule has 104 valence electrons. The number of tetrazole rings is 1. The lowest BCUT2D eigenvalue weighted by molar-refractivity contribution is 0.425. The first-order valence-electron chi connectivity index (χ1n) is 6.50. The van der Waals surface area contributed by atoms with Gasteiger partial charge in [-0.05, 0) is 16.2 Å². The number of benzene rings is 2. The van der Waals surface area contributed by atoms with Crippen molar-refractivity contribution < 1.29 is 10.0 Å². The normalized spacial score (nSPS) is 10.6. The van der Waals surface area contributed by atoms with Gasteiger partial charge in [-0.2, -0.15) is 4.80 Å². The third-order valence-corrected chi connectivity index (χ3v) is 3.06. The molecule has 7 heteroatoms. The van der Waals surface area contributed by atoms with Gasteiger partial charge in [-0.1, -0.05) is 54.6 Å². The Morgan fingerprint density at radius 2 is 1.81 bits per heavy atom. The zero-order valence-corrected chi connectivity index (χ0v) is 11.2. The van der Waals surface area contributed by atoms with Gasteiger partial charge in [0.2, 0.25) is 5.82 Å². The van der Waals surface area contributed by atoms with E-state index in [-0.39, 0.29) is 0 Å². The van der Waals surface area contributed by atoms with Gasteiger partial charge in [0, 0.05) is 5.56 Å². The van der Waals surface area contributed by atoms with E-state index in [1.54, 1.807) is 18.2 Å². The maximum atomic E-state index is 9.17. The number of rotatable bonds is 4. The van der Waals surface area contributed by atoms with Gasteiger partial charge >= 0.3 is 7.12 Å². The predicted molar refractivity (Wildman–Crippen MR) is 78.6 cm³/mol. The summed E-state index contributed by atoms with van der Waals surface area (Å²) in [6.45, 7) is 0.417. The zero-order valence-electron chi connectivity index (χ0n) is 11.2. The van der Waals surface area contributed by atoms with Crippen molar-refractivity contribution in [1.29, 1.82) is 0 Å². The van der Waals surface area contributed by atoms with Crippen molar-refractivity contribution in [2.45, 2.75) is 6.54 Å². The van der Waals surface area contributed by atoms with Gasteiger partial charge in [-0.3, -0.25) is 0 Å². The highest BCUT2D eigenvalue weighted by atomic mass is 16.4. The third kappa shape index (κ3) is 3.15. The minimum atomic E-state index is -1.48. The summed E-state index contributed by atoms with van der Waals surface area (Å²) >= 11 is 0. The van der Waals surface area contributed by atoms with Crippen LogP contribution < -0.4 is 5.46 Å². The summed E-state index contributed by atoms with van der Waals surface area (Å²) in [6, 6.07) is 16.6. The summed E-state index contributed by atoms with van der Waals surface area (Å²) in [5, 5.41) is 30.7. The van der Waals surface area contributed by atoms with E-state index in [1.165, 1.54) is 4.80 Å². The Balaban J connectivity index is 1.80. The summed E-state index contributed by atoms with van der Waals surface area (Å²) in [6.07, 6.45) is 0. The minimum Gasteiger partial charge on any atom is -0.423 e. The van der Waals surface area contributed by atoms with Crippen LogP contribution in [0.1, 0.15) is 5.56 Å². The highest BCUT2D eigenvalue weighted by Crippen LogP contribution is 2.12. The Bertz CT molecular complexity index is 731. The van der Waals surface area contributed by atoms with E-state index in [4.69, 9.17) is 0 Å². The molecule has 0 unspecified atom stereocenters. The first-order chi connectivity index (χ1) is 10.2. The Morgan fingerprint density at radius 1 is 1.00 bits per heavy atom. The molecule has 0 aliphatic carbocycles. The summed E-state index contributed by atoms with van der Waals surface area (Å²) in [5.41, 5.74) is 2.22. The van der Waals surface area contributed by atoms with Crippen LogP contribution in [-0.4, -0.2) is 37.4 Å². The van der Waals surface area contributed by atoms with Gasteiger partial charge < -0.3 is 10.0 Å². The molecule has 0 aliphatic heterocycles. The van der Waals surface area contributed by atoms with Gasteiger partial charge in [0.1, 0.15) is 0 Å². The number of nitrogens with zero attached hydrogens (tertiary/aromatic N) is 4. The van der Waals surface area contributed by atoms with Crippen molar-refractivity contribution in [3.63, 3.8) is 0 Å². The van der Waals surface area contributed by atoms with Crippen molar-refractivity contribution in [1.82, 2.24) is 20.2 Å². The Hall–Kier alpha value is -2.51. The van der Waals surface area contributed by atoms with E-state index in [9.17, 15) is 10.0 Å². The first kappa shape index (κ1) is 13.5. The molecule has 0 spiro atoms. The van der Waals surface area contributed by atoms with Crippen molar-refractivity contribution in [3.8, 4) is 11.4 Å². The molecule has 0 saturated carbocycles. The van der Waals surface area contributed by atoms with Crippen LogP contribution in [0.4, 0.5) is 0 Å². The Kier molecular flexibility index (Phi) is 3.76. The molecule has 2 aromatic carbocycles. The van der Waals surface area contributed by atoms with Crippen LogP contribution >= 0.6 is 0 Å². The lowest BCUT2D eigenvalue weighted by Gasteiger charge is -2.03. The largest absolute Gasteiger partial charge is 0.488 e. The second kappa shape index (κ2) is 5.86. The van der Waals surface area contributed by atoms with Crippen LogP contribution in [0.2, 0.25) is 0 Å².